The average Bonchev–Trinajstić information content (AvgIpc) is 3.20. The fourth-order valence-corrected chi connectivity index (χ4v) is 4.76. The number of hydrogen-bond donors (Lipinski definition) is 2. The second-order valence-electron chi connectivity index (χ2n) is 8.70. The second-order valence-corrected chi connectivity index (χ2v) is 10.5. The summed E-state index contributed by atoms with van der Waals surface area (Å²) >= 11 is 13.5. The van der Waals surface area contributed by atoms with E-state index in [0.717, 1.165) is 16.8 Å². The van der Waals surface area contributed by atoms with E-state index in [4.69, 9.17) is 23.2 Å². The van der Waals surface area contributed by atoms with Gasteiger partial charge in [0.2, 0.25) is 5.91 Å². The third-order valence-electron chi connectivity index (χ3n) is 5.59. The van der Waals surface area contributed by atoms with Crippen LogP contribution < -0.4 is 10.6 Å². The van der Waals surface area contributed by atoms with Gasteiger partial charge in [0, 0.05) is 17.3 Å². The number of halogens is 2. The maximum absolute atomic E-state index is 13.0. The Hall–Kier alpha value is -2.81. The molecule has 1 aromatic heterocycles. The van der Waals surface area contributed by atoms with Crippen molar-refractivity contribution in [3.8, 4) is 0 Å². The molecule has 0 bridgehead atoms. The van der Waals surface area contributed by atoms with E-state index in [2.05, 4.69) is 27.4 Å². The van der Waals surface area contributed by atoms with Gasteiger partial charge in [-0.2, -0.15) is 0 Å². The molecule has 3 aromatic rings. The second kappa shape index (κ2) is 12.4. The van der Waals surface area contributed by atoms with Crippen LogP contribution in [0.4, 0.5) is 5.69 Å². The molecule has 190 valence electrons. The molecule has 0 aliphatic heterocycles. The minimum atomic E-state index is -0.449. The number of hydrogen-bond acceptors (Lipinski definition) is 5. The van der Waals surface area contributed by atoms with Gasteiger partial charge in [0.25, 0.3) is 5.91 Å². The molecule has 0 unspecified atom stereocenters. The molecule has 2 N–H and O–H groups in total. The van der Waals surface area contributed by atoms with E-state index in [1.165, 1.54) is 17.8 Å². The summed E-state index contributed by atoms with van der Waals surface area (Å²) in [5.74, 6) is 0.232. The Bertz CT molecular complexity index is 1280. The van der Waals surface area contributed by atoms with Crippen molar-refractivity contribution in [2.75, 3.05) is 11.1 Å². The van der Waals surface area contributed by atoms with E-state index < -0.39 is 6.04 Å². The number of allylic oxidation sites excluding steroid dienone is 1. The lowest BCUT2D eigenvalue weighted by molar-refractivity contribution is -0.113. The maximum atomic E-state index is 13.0. The molecule has 0 fully saturated rings. The van der Waals surface area contributed by atoms with Crippen LogP contribution in [0.2, 0.25) is 10.0 Å². The Kier molecular flexibility index (Phi) is 9.59. The number of anilines is 1. The Morgan fingerprint density at radius 2 is 1.86 bits per heavy atom. The van der Waals surface area contributed by atoms with Gasteiger partial charge in [0.15, 0.2) is 11.0 Å². The highest BCUT2D eigenvalue weighted by atomic mass is 35.5. The zero-order valence-electron chi connectivity index (χ0n) is 20.6. The summed E-state index contributed by atoms with van der Waals surface area (Å²) in [6, 6.07) is 10.1. The molecule has 1 atom stereocenters. The highest BCUT2D eigenvalue weighted by Gasteiger charge is 2.27. The first-order chi connectivity index (χ1) is 17.1. The number of nitrogens with zero attached hydrogens (tertiary/aromatic N) is 3. The minimum absolute atomic E-state index is 0.00119. The monoisotopic (exact) mass is 545 g/mol. The first-order valence-electron chi connectivity index (χ1n) is 11.4. The lowest BCUT2D eigenvalue weighted by Crippen LogP contribution is -2.34. The molecule has 7 nitrogen and oxygen atoms in total. The largest absolute Gasteiger partial charge is 0.342 e. The third-order valence-corrected chi connectivity index (χ3v) is 7.10. The van der Waals surface area contributed by atoms with Gasteiger partial charge in [-0.3, -0.25) is 9.59 Å². The van der Waals surface area contributed by atoms with Crippen LogP contribution in [-0.2, 0) is 11.3 Å². The quantitative estimate of drug-likeness (QED) is 0.232. The summed E-state index contributed by atoms with van der Waals surface area (Å²) in [5, 5.41) is 15.9. The lowest BCUT2D eigenvalue weighted by Gasteiger charge is -2.23. The first-order valence-corrected chi connectivity index (χ1v) is 13.1. The zero-order chi connectivity index (χ0) is 26.4. The van der Waals surface area contributed by atoms with Gasteiger partial charge in [0.1, 0.15) is 0 Å². The number of rotatable bonds is 10. The average molecular weight is 547 g/mol. The summed E-state index contributed by atoms with van der Waals surface area (Å²) in [6.45, 7) is 12.2. The Balaban J connectivity index is 1.76. The highest BCUT2D eigenvalue weighted by Crippen LogP contribution is 2.27. The van der Waals surface area contributed by atoms with E-state index in [9.17, 15) is 9.59 Å². The van der Waals surface area contributed by atoms with E-state index in [-0.39, 0.29) is 28.5 Å². The number of thioether (sulfide) groups is 1. The summed E-state index contributed by atoms with van der Waals surface area (Å²) < 4.78 is 1.86. The van der Waals surface area contributed by atoms with Crippen LogP contribution in [0.1, 0.15) is 47.2 Å². The van der Waals surface area contributed by atoms with Gasteiger partial charge in [0.05, 0.1) is 22.4 Å². The number of carbonyl (C=O) groups is 2. The van der Waals surface area contributed by atoms with E-state index in [1.807, 2.05) is 50.5 Å². The van der Waals surface area contributed by atoms with Gasteiger partial charge in [-0.15, -0.1) is 16.8 Å². The number of aromatic nitrogens is 3. The van der Waals surface area contributed by atoms with Crippen molar-refractivity contribution in [2.45, 2.75) is 45.4 Å². The highest BCUT2D eigenvalue weighted by molar-refractivity contribution is 7.99. The fourth-order valence-electron chi connectivity index (χ4n) is 3.51. The van der Waals surface area contributed by atoms with Crippen molar-refractivity contribution >= 4 is 52.5 Å². The molecule has 3 rings (SSSR count). The number of benzene rings is 2. The molecule has 0 aliphatic carbocycles. The van der Waals surface area contributed by atoms with Crippen LogP contribution >= 0.6 is 35.0 Å². The molecule has 36 heavy (non-hydrogen) atoms. The molecule has 10 heteroatoms. The first kappa shape index (κ1) is 27.8. The van der Waals surface area contributed by atoms with Crippen LogP contribution in [0.5, 0.6) is 0 Å². The van der Waals surface area contributed by atoms with Crippen LogP contribution in [0.3, 0.4) is 0 Å². The van der Waals surface area contributed by atoms with Crippen LogP contribution in [0, 0.1) is 19.8 Å². The van der Waals surface area contributed by atoms with Crippen molar-refractivity contribution in [1.29, 1.82) is 0 Å². The fraction of sp³-hybridized carbons (Fsp3) is 0.308. The molecule has 1 heterocycles. The zero-order valence-corrected chi connectivity index (χ0v) is 23.0. The van der Waals surface area contributed by atoms with Crippen molar-refractivity contribution in [1.82, 2.24) is 20.1 Å². The lowest BCUT2D eigenvalue weighted by atomic mass is 10.0. The summed E-state index contributed by atoms with van der Waals surface area (Å²) in [5.41, 5.74) is 3.34. The van der Waals surface area contributed by atoms with Gasteiger partial charge >= 0.3 is 0 Å². The Morgan fingerprint density at radius 3 is 2.50 bits per heavy atom. The summed E-state index contributed by atoms with van der Waals surface area (Å²) in [7, 11) is 0. The number of nitrogens with one attached hydrogen (secondary N) is 2. The van der Waals surface area contributed by atoms with Crippen molar-refractivity contribution in [3.05, 3.63) is 81.6 Å². The maximum Gasteiger partial charge on any atom is 0.253 e. The summed E-state index contributed by atoms with van der Waals surface area (Å²) in [6.07, 6.45) is 1.72. The van der Waals surface area contributed by atoms with Crippen molar-refractivity contribution in [2.24, 2.45) is 5.92 Å². The van der Waals surface area contributed by atoms with Gasteiger partial charge in [-0.25, -0.2) is 0 Å². The number of aryl methyl sites for hydroxylation is 2. The van der Waals surface area contributed by atoms with Gasteiger partial charge in [-0.1, -0.05) is 61.0 Å². The predicted octanol–water partition coefficient (Wildman–Crippen LogP) is 6.25. The molecular weight excluding hydrogens is 517 g/mol. The molecule has 0 spiro atoms. The molecule has 2 aromatic carbocycles. The normalized spacial score (nSPS) is 11.9. The SMILES string of the molecule is C=CCn1c(SCC(=O)Nc2ccc(C)c(C)c2)nnc1[C@H](NC(=O)c1ccc(Cl)cc1Cl)C(C)C. The van der Waals surface area contributed by atoms with E-state index in [1.54, 1.807) is 18.2 Å². The van der Waals surface area contributed by atoms with Crippen LogP contribution in [0.15, 0.2) is 54.2 Å². The van der Waals surface area contributed by atoms with Gasteiger partial charge in [-0.05, 0) is 61.2 Å². The molecular formula is C26H29Cl2N5O2S. The predicted molar refractivity (Wildman–Crippen MR) is 147 cm³/mol. The molecule has 0 aliphatic rings. The molecule has 2 amide bonds. The summed E-state index contributed by atoms with van der Waals surface area (Å²) in [4.78, 5) is 25.6. The van der Waals surface area contributed by atoms with Crippen LogP contribution in [-0.4, -0.2) is 32.3 Å². The standard InChI is InChI=1S/C26H29Cl2N5O2S/c1-6-11-33-24(23(15(2)3)30-25(35)20-10-8-18(27)13-21(20)28)31-32-26(33)36-14-22(34)29-19-9-7-16(4)17(5)12-19/h6-10,12-13,15,23H,1,11,14H2,2-5H3,(H,29,34)(H,30,35)/t23-/m1/s1. The topological polar surface area (TPSA) is 88.9 Å². The smallest absolute Gasteiger partial charge is 0.253 e. The van der Waals surface area contributed by atoms with Crippen molar-refractivity contribution < 1.29 is 9.59 Å². The van der Waals surface area contributed by atoms with E-state index in [0.29, 0.717) is 28.1 Å². The van der Waals surface area contributed by atoms with Gasteiger partial charge < -0.3 is 15.2 Å². The van der Waals surface area contributed by atoms with E-state index >= 15 is 0 Å². The Labute approximate surface area is 225 Å². The number of carbonyl (C=O) groups excluding carboxylic acids is 2. The third kappa shape index (κ3) is 6.90. The number of amides is 2. The molecule has 0 saturated carbocycles. The van der Waals surface area contributed by atoms with Crippen molar-refractivity contribution in [3.63, 3.8) is 0 Å². The molecule has 0 saturated heterocycles. The minimum Gasteiger partial charge on any atom is -0.342 e. The van der Waals surface area contributed by atoms with Crippen LogP contribution in [0.25, 0.3) is 0 Å². The molecule has 0 radical (unpaired) electrons. The Morgan fingerprint density at radius 1 is 1.11 bits per heavy atom.